The van der Waals surface area contributed by atoms with Gasteiger partial charge in [-0.05, 0) is 20.3 Å². The number of amides is 1. The van der Waals surface area contributed by atoms with Crippen molar-refractivity contribution in [2.45, 2.75) is 63.7 Å². The van der Waals surface area contributed by atoms with Crippen molar-refractivity contribution in [1.29, 1.82) is 0 Å². The van der Waals surface area contributed by atoms with E-state index in [-0.39, 0.29) is 17.4 Å². The van der Waals surface area contributed by atoms with E-state index < -0.39 is 15.5 Å². The Hall–Kier alpha value is -3.15. The predicted molar refractivity (Wildman–Crippen MR) is 142 cm³/mol. The number of rotatable bonds is 4. The summed E-state index contributed by atoms with van der Waals surface area (Å²) in [6, 6.07) is -0.00723. The number of fused-ring (bicyclic) bond motifs is 2. The SMILES string of the molecule is CCc1nnc2cnc(N3CC(C)(C)c4c(N5CCN(C(=O)C6(C)CCS6=O)C(C)C5)ncnc43)cn12. The lowest BCUT2D eigenvalue weighted by molar-refractivity contribution is -0.136. The van der Waals surface area contributed by atoms with E-state index >= 15 is 0 Å². The van der Waals surface area contributed by atoms with Crippen molar-refractivity contribution in [2.24, 2.45) is 0 Å². The van der Waals surface area contributed by atoms with Gasteiger partial charge in [-0.25, -0.2) is 15.0 Å². The van der Waals surface area contributed by atoms with Crippen molar-refractivity contribution >= 4 is 39.8 Å². The molecule has 2 saturated heterocycles. The summed E-state index contributed by atoms with van der Waals surface area (Å²) >= 11 is 0. The third-order valence-electron chi connectivity index (χ3n) is 8.14. The van der Waals surface area contributed by atoms with Crippen LogP contribution in [0.4, 0.5) is 17.5 Å². The first kappa shape index (κ1) is 24.2. The summed E-state index contributed by atoms with van der Waals surface area (Å²) in [5, 5.41) is 8.47. The van der Waals surface area contributed by atoms with E-state index in [9.17, 15) is 9.00 Å². The summed E-state index contributed by atoms with van der Waals surface area (Å²) in [4.78, 5) is 33.7. The molecule has 6 rings (SSSR count). The van der Waals surface area contributed by atoms with Gasteiger partial charge in [0.25, 0.3) is 0 Å². The van der Waals surface area contributed by atoms with Crippen molar-refractivity contribution in [1.82, 2.24) is 34.4 Å². The van der Waals surface area contributed by atoms with Crippen molar-refractivity contribution in [3.63, 3.8) is 0 Å². The van der Waals surface area contributed by atoms with Crippen LogP contribution in [0.5, 0.6) is 0 Å². The van der Waals surface area contributed by atoms with Gasteiger partial charge in [0, 0.05) is 66.2 Å². The van der Waals surface area contributed by atoms with E-state index in [2.05, 4.69) is 52.7 Å². The van der Waals surface area contributed by atoms with Crippen molar-refractivity contribution in [3.8, 4) is 0 Å². The standard InChI is InChI=1S/C25H33N9O2S/c1-6-17-29-30-18-11-26-19(13-33(17)18)34-14-24(3,4)20-21(27-15-28-22(20)34)31-8-9-32(16(2)12-31)23(35)25(5)7-10-37(25)36/h11,13,15-16H,6-10,12,14H2,1-5H3. The number of carbonyl (C=O) groups is 1. The van der Waals surface area contributed by atoms with Crippen LogP contribution >= 0.6 is 0 Å². The van der Waals surface area contributed by atoms with Gasteiger partial charge in [0.15, 0.2) is 11.5 Å². The summed E-state index contributed by atoms with van der Waals surface area (Å²) in [6.45, 7) is 13.0. The minimum Gasteiger partial charge on any atom is -0.352 e. The zero-order valence-corrected chi connectivity index (χ0v) is 22.8. The second-order valence-electron chi connectivity index (χ2n) is 11.1. The highest BCUT2D eigenvalue weighted by Crippen LogP contribution is 2.46. The topological polar surface area (TPSA) is 113 Å². The second kappa shape index (κ2) is 8.44. The summed E-state index contributed by atoms with van der Waals surface area (Å²) in [5.74, 6) is 4.09. The lowest BCUT2D eigenvalue weighted by Gasteiger charge is -2.46. The molecular weight excluding hydrogens is 490 g/mol. The highest BCUT2D eigenvalue weighted by atomic mass is 32.2. The van der Waals surface area contributed by atoms with Crippen LogP contribution < -0.4 is 9.80 Å². The molecule has 0 spiro atoms. The molecule has 12 heteroatoms. The number of aromatic nitrogens is 6. The van der Waals surface area contributed by atoms with Gasteiger partial charge in [-0.15, -0.1) is 10.2 Å². The Morgan fingerprint density at radius 1 is 1.14 bits per heavy atom. The number of aryl methyl sites for hydroxylation is 1. The normalized spacial score (nSPS) is 26.9. The van der Waals surface area contributed by atoms with Crippen LogP contribution in [0.2, 0.25) is 0 Å². The average molecular weight is 524 g/mol. The molecule has 6 heterocycles. The quantitative estimate of drug-likeness (QED) is 0.506. The van der Waals surface area contributed by atoms with Crippen LogP contribution in [-0.4, -0.2) is 87.3 Å². The molecule has 3 aromatic heterocycles. The van der Waals surface area contributed by atoms with Crippen LogP contribution in [0.25, 0.3) is 5.65 Å². The molecule has 3 atom stereocenters. The van der Waals surface area contributed by atoms with Gasteiger partial charge < -0.3 is 14.7 Å². The molecule has 196 valence electrons. The van der Waals surface area contributed by atoms with Crippen LogP contribution in [0.15, 0.2) is 18.7 Å². The summed E-state index contributed by atoms with van der Waals surface area (Å²) < 4.78 is 13.5. The molecule has 11 nitrogen and oxygen atoms in total. The number of hydrogen-bond acceptors (Lipinski definition) is 9. The maximum atomic E-state index is 13.2. The fourth-order valence-corrected chi connectivity index (χ4v) is 7.12. The van der Waals surface area contributed by atoms with E-state index in [0.717, 1.165) is 40.9 Å². The van der Waals surface area contributed by atoms with Gasteiger partial charge >= 0.3 is 0 Å². The van der Waals surface area contributed by atoms with Gasteiger partial charge in [0.2, 0.25) is 5.91 Å². The van der Waals surface area contributed by atoms with Crippen LogP contribution in [0.3, 0.4) is 0 Å². The first-order valence-electron chi connectivity index (χ1n) is 12.9. The monoisotopic (exact) mass is 523 g/mol. The molecule has 2 fully saturated rings. The Balaban J connectivity index is 1.31. The predicted octanol–water partition coefficient (Wildman–Crippen LogP) is 1.85. The highest BCUT2D eigenvalue weighted by molar-refractivity contribution is 7.88. The molecule has 3 aliphatic heterocycles. The van der Waals surface area contributed by atoms with E-state index in [1.807, 2.05) is 22.4 Å². The number of nitrogens with zero attached hydrogens (tertiary/aromatic N) is 9. The van der Waals surface area contributed by atoms with E-state index in [1.165, 1.54) is 0 Å². The molecule has 0 saturated carbocycles. The zero-order chi connectivity index (χ0) is 26.1. The Kier molecular flexibility index (Phi) is 5.52. The average Bonchev–Trinajstić information content (AvgIpc) is 3.44. The number of anilines is 3. The minimum atomic E-state index is -1.07. The molecule has 3 unspecified atom stereocenters. The number of carbonyl (C=O) groups excluding carboxylic acids is 1. The van der Waals surface area contributed by atoms with Gasteiger partial charge in [-0.2, -0.15) is 0 Å². The molecule has 0 aliphatic carbocycles. The Labute approximate surface area is 218 Å². The molecule has 0 N–H and O–H groups in total. The van der Waals surface area contributed by atoms with E-state index in [1.54, 1.807) is 12.5 Å². The fourth-order valence-electron chi connectivity index (χ4n) is 5.83. The molecule has 0 aromatic carbocycles. The first-order chi connectivity index (χ1) is 17.6. The smallest absolute Gasteiger partial charge is 0.241 e. The van der Waals surface area contributed by atoms with Crippen molar-refractivity contribution < 1.29 is 9.00 Å². The molecule has 0 bridgehead atoms. The number of hydrogen-bond donors (Lipinski definition) is 0. The molecule has 1 amide bonds. The maximum Gasteiger partial charge on any atom is 0.241 e. The van der Waals surface area contributed by atoms with Crippen LogP contribution in [-0.2, 0) is 27.4 Å². The molecule has 37 heavy (non-hydrogen) atoms. The third-order valence-corrected chi connectivity index (χ3v) is 10.1. The van der Waals surface area contributed by atoms with Crippen LogP contribution in [0.1, 0.15) is 52.4 Å². The van der Waals surface area contributed by atoms with Gasteiger partial charge in [-0.1, -0.05) is 20.8 Å². The van der Waals surface area contributed by atoms with Crippen LogP contribution in [0, 0.1) is 0 Å². The summed E-state index contributed by atoms with van der Waals surface area (Å²) in [7, 11) is -1.07. The lowest BCUT2D eigenvalue weighted by Crippen LogP contribution is -2.63. The first-order valence-corrected chi connectivity index (χ1v) is 14.2. The Morgan fingerprint density at radius 2 is 1.92 bits per heavy atom. The van der Waals surface area contributed by atoms with Crippen molar-refractivity contribution in [3.05, 3.63) is 30.1 Å². The zero-order valence-electron chi connectivity index (χ0n) is 22.0. The third kappa shape index (κ3) is 3.63. The van der Waals surface area contributed by atoms with Crippen molar-refractivity contribution in [2.75, 3.05) is 41.7 Å². The maximum absolute atomic E-state index is 13.2. The van der Waals surface area contributed by atoms with Gasteiger partial charge in [-0.3, -0.25) is 13.4 Å². The molecule has 3 aliphatic rings. The van der Waals surface area contributed by atoms with Gasteiger partial charge in [0.1, 0.15) is 28.5 Å². The Morgan fingerprint density at radius 3 is 2.59 bits per heavy atom. The second-order valence-corrected chi connectivity index (χ2v) is 13.1. The highest BCUT2D eigenvalue weighted by Gasteiger charge is 2.50. The fraction of sp³-hybridized carbons (Fsp3) is 0.600. The Bertz CT molecular complexity index is 1420. The lowest BCUT2D eigenvalue weighted by atomic mass is 9.87. The molecule has 3 aromatic rings. The molecular formula is C25H33N9O2S. The minimum absolute atomic E-state index is 0.00723. The number of piperazine rings is 1. The molecule has 0 radical (unpaired) electrons. The van der Waals surface area contributed by atoms with Gasteiger partial charge in [0.05, 0.1) is 12.4 Å². The summed E-state index contributed by atoms with van der Waals surface area (Å²) in [6.07, 6.45) is 6.84. The summed E-state index contributed by atoms with van der Waals surface area (Å²) in [5.41, 5.74) is 1.61. The van der Waals surface area contributed by atoms with E-state index in [4.69, 9.17) is 9.97 Å². The van der Waals surface area contributed by atoms with E-state index in [0.29, 0.717) is 38.4 Å². The largest absolute Gasteiger partial charge is 0.352 e.